The predicted octanol–water partition coefficient (Wildman–Crippen LogP) is 2.42. The molecule has 0 saturated carbocycles. The van der Waals surface area contributed by atoms with E-state index in [-0.39, 0.29) is 0 Å². The lowest BCUT2D eigenvalue weighted by Crippen LogP contribution is -2.13. The van der Waals surface area contributed by atoms with Crippen molar-refractivity contribution in [2.45, 2.75) is 24.0 Å². The van der Waals surface area contributed by atoms with Crippen molar-refractivity contribution in [2.24, 2.45) is 0 Å². The fourth-order valence-electron chi connectivity index (χ4n) is 1.50. The molecule has 0 fully saturated rings. The first-order chi connectivity index (χ1) is 7.51. The minimum absolute atomic E-state index is 0.341. The van der Waals surface area contributed by atoms with Crippen LogP contribution in [0.2, 0.25) is 0 Å². The maximum absolute atomic E-state index is 11.9. The molecule has 0 aliphatic carbocycles. The summed E-state index contributed by atoms with van der Waals surface area (Å²) >= 11 is 0. The van der Waals surface area contributed by atoms with E-state index in [1.807, 2.05) is 12.1 Å². The van der Waals surface area contributed by atoms with E-state index >= 15 is 0 Å². The molecular weight excluding hydrogens is 222 g/mol. The number of nitrogens with zero attached hydrogens (tertiary/aromatic N) is 1. The van der Waals surface area contributed by atoms with Gasteiger partial charge in [-0.3, -0.25) is 4.98 Å². The largest absolute Gasteiger partial charge is 0.256 e. The zero-order valence-corrected chi connectivity index (χ0v) is 10.0. The molecule has 0 saturated heterocycles. The van der Waals surface area contributed by atoms with Crippen LogP contribution < -0.4 is 0 Å². The van der Waals surface area contributed by atoms with Gasteiger partial charge in [0.2, 0.25) is 0 Å². The van der Waals surface area contributed by atoms with Crippen LogP contribution in [0.4, 0.5) is 0 Å². The second kappa shape index (κ2) is 3.87. The third-order valence-electron chi connectivity index (χ3n) is 2.53. The first-order valence-electron chi connectivity index (χ1n) is 5.10. The van der Waals surface area contributed by atoms with E-state index in [2.05, 4.69) is 4.98 Å². The van der Waals surface area contributed by atoms with Gasteiger partial charge in [0.05, 0.1) is 15.7 Å². The molecule has 0 N–H and O–H groups in total. The number of aromatic nitrogens is 1. The Bertz CT molecular complexity index is 618. The SMILES string of the molecule is CC(C)S(=O)(=O)c1ccc2cccnc2c1. The molecule has 0 atom stereocenters. The van der Waals surface area contributed by atoms with Gasteiger partial charge in [-0.05, 0) is 32.0 Å². The molecule has 1 aromatic heterocycles. The molecule has 3 nitrogen and oxygen atoms in total. The van der Waals surface area contributed by atoms with Crippen LogP contribution >= 0.6 is 0 Å². The first-order valence-corrected chi connectivity index (χ1v) is 6.65. The molecule has 16 heavy (non-hydrogen) atoms. The van der Waals surface area contributed by atoms with E-state index in [1.165, 1.54) is 0 Å². The van der Waals surface area contributed by atoms with E-state index < -0.39 is 15.1 Å². The number of fused-ring (bicyclic) bond motifs is 1. The van der Waals surface area contributed by atoms with Gasteiger partial charge in [-0.2, -0.15) is 0 Å². The molecule has 0 amide bonds. The van der Waals surface area contributed by atoms with Crippen LogP contribution in [-0.4, -0.2) is 18.7 Å². The lowest BCUT2D eigenvalue weighted by Gasteiger charge is -2.08. The molecular formula is C12H13NO2S. The van der Waals surface area contributed by atoms with Gasteiger partial charge < -0.3 is 0 Å². The Morgan fingerprint density at radius 2 is 1.94 bits per heavy atom. The molecule has 0 unspecified atom stereocenters. The smallest absolute Gasteiger partial charge is 0.180 e. The van der Waals surface area contributed by atoms with Crippen molar-refractivity contribution in [3.05, 3.63) is 36.5 Å². The quantitative estimate of drug-likeness (QED) is 0.803. The van der Waals surface area contributed by atoms with E-state index in [1.54, 1.807) is 38.2 Å². The van der Waals surface area contributed by atoms with Crippen molar-refractivity contribution in [1.82, 2.24) is 4.98 Å². The van der Waals surface area contributed by atoms with Gasteiger partial charge in [0, 0.05) is 11.6 Å². The molecule has 0 aliphatic heterocycles. The molecule has 1 heterocycles. The van der Waals surface area contributed by atoms with Gasteiger partial charge in [0.15, 0.2) is 9.84 Å². The molecule has 0 bridgehead atoms. The van der Waals surface area contributed by atoms with Crippen LogP contribution in [0, 0.1) is 0 Å². The van der Waals surface area contributed by atoms with Crippen LogP contribution in [0.15, 0.2) is 41.4 Å². The van der Waals surface area contributed by atoms with Crippen LogP contribution in [0.25, 0.3) is 10.9 Å². The number of sulfone groups is 1. The highest BCUT2D eigenvalue weighted by molar-refractivity contribution is 7.92. The molecule has 2 aromatic rings. The summed E-state index contributed by atoms with van der Waals surface area (Å²) in [6.07, 6.45) is 1.66. The van der Waals surface area contributed by atoms with Crippen molar-refractivity contribution in [1.29, 1.82) is 0 Å². The molecule has 1 aromatic carbocycles. The summed E-state index contributed by atoms with van der Waals surface area (Å²) in [5.74, 6) is 0. The zero-order chi connectivity index (χ0) is 11.8. The van der Waals surface area contributed by atoms with Crippen LogP contribution in [-0.2, 0) is 9.84 Å². The molecule has 0 spiro atoms. The molecule has 0 radical (unpaired) electrons. The highest BCUT2D eigenvalue weighted by Crippen LogP contribution is 2.20. The summed E-state index contributed by atoms with van der Waals surface area (Å²) in [5, 5.41) is 0.541. The Morgan fingerprint density at radius 1 is 1.19 bits per heavy atom. The average Bonchev–Trinajstić information content (AvgIpc) is 2.28. The second-order valence-corrected chi connectivity index (χ2v) is 6.46. The number of pyridine rings is 1. The zero-order valence-electron chi connectivity index (χ0n) is 9.21. The summed E-state index contributed by atoms with van der Waals surface area (Å²) in [6, 6.07) is 8.80. The lowest BCUT2D eigenvalue weighted by atomic mass is 10.2. The van der Waals surface area contributed by atoms with Gasteiger partial charge in [0.25, 0.3) is 0 Å². The topological polar surface area (TPSA) is 47.0 Å². The van der Waals surface area contributed by atoms with Gasteiger partial charge in [-0.15, -0.1) is 0 Å². The summed E-state index contributed by atoms with van der Waals surface area (Å²) < 4.78 is 23.9. The lowest BCUT2D eigenvalue weighted by molar-refractivity contribution is 0.587. The van der Waals surface area contributed by atoms with Crippen molar-refractivity contribution in [2.75, 3.05) is 0 Å². The van der Waals surface area contributed by atoms with Gasteiger partial charge in [0.1, 0.15) is 0 Å². The molecule has 0 aliphatic rings. The Morgan fingerprint density at radius 3 is 2.62 bits per heavy atom. The second-order valence-electron chi connectivity index (χ2n) is 3.95. The Balaban J connectivity index is 2.65. The maximum Gasteiger partial charge on any atom is 0.180 e. The number of hydrogen-bond acceptors (Lipinski definition) is 3. The maximum atomic E-state index is 11.9. The predicted molar refractivity (Wildman–Crippen MR) is 64.1 cm³/mol. The number of rotatable bonds is 2. The normalized spacial score (nSPS) is 12.2. The summed E-state index contributed by atoms with van der Waals surface area (Å²) in [7, 11) is -3.21. The Hall–Kier alpha value is -1.42. The van der Waals surface area contributed by atoms with Crippen molar-refractivity contribution in [3.63, 3.8) is 0 Å². The van der Waals surface area contributed by atoms with Crippen LogP contribution in [0.1, 0.15) is 13.8 Å². The van der Waals surface area contributed by atoms with Crippen LogP contribution in [0.3, 0.4) is 0 Å². The van der Waals surface area contributed by atoms with Crippen molar-refractivity contribution in [3.8, 4) is 0 Å². The van der Waals surface area contributed by atoms with Crippen molar-refractivity contribution >= 4 is 20.7 Å². The molecule has 2 rings (SSSR count). The summed E-state index contributed by atoms with van der Waals surface area (Å²) in [6.45, 7) is 3.36. The standard InChI is InChI=1S/C12H13NO2S/c1-9(2)16(14,15)11-6-5-10-4-3-7-13-12(10)8-11/h3-9H,1-2H3. The first kappa shape index (κ1) is 11.1. The minimum atomic E-state index is -3.21. The average molecular weight is 235 g/mol. The van der Waals surface area contributed by atoms with Crippen LogP contribution in [0.5, 0.6) is 0 Å². The fraction of sp³-hybridized carbons (Fsp3) is 0.250. The fourth-order valence-corrected chi connectivity index (χ4v) is 2.57. The third-order valence-corrected chi connectivity index (χ3v) is 4.68. The monoisotopic (exact) mass is 235 g/mol. The van der Waals surface area contributed by atoms with Gasteiger partial charge >= 0.3 is 0 Å². The van der Waals surface area contributed by atoms with E-state index in [0.29, 0.717) is 10.4 Å². The van der Waals surface area contributed by atoms with Gasteiger partial charge in [-0.1, -0.05) is 12.1 Å². The summed E-state index contributed by atoms with van der Waals surface area (Å²) in [5.41, 5.74) is 0.712. The summed E-state index contributed by atoms with van der Waals surface area (Å²) in [4.78, 5) is 4.49. The number of benzene rings is 1. The highest BCUT2D eigenvalue weighted by atomic mass is 32.2. The molecule has 4 heteroatoms. The van der Waals surface area contributed by atoms with E-state index in [4.69, 9.17) is 0 Å². The highest BCUT2D eigenvalue weighted by Gasteiger charge is 2.19. The third kappa shape index (κ3) is 1.80. The van der Waals surface area contributed by atoms with Crippen molar-refractivity contribution < 1.29 is 8.42 Å². The molecule has 84 valence electrons. The van der Waals surface area contributed by atoms with Gasteiger partial charge in [-0.25, -0.2) is 8.42 Å². The Kier molecular flexibility index (Phi) is 2.68. The number of hydrogen-bond donors (Lipinski definition) is 0. The minimum Gasteiger partial charge on any atom is -0.256 e. The Labute approximate surface area is 95.1 Å². The van der Waals surface area contributed by atoms with E-state index in [0.717, 1.165) is 5.39 Å². The van der Waals surface area contributed by atoms with E-state index in [9.17, 15) is 8.42 Å².